The molecule has 0 saturated carbocycles. The molecule has 0 unspecified atom stereocenters. The highest BCUT2D eigenvalue weighted by Crippen LogP contribution is 2.28. The number of anilines is 1. The van der Waals surface area contributed by atoms with Crippen LogP contribution >= 0.6 is 0 Å². The lowest BCUT2D eigenvalue weighted by Crippen LogP contribution is -2.51. The molecule has 0 saturated heterocycles. The Bertz CT molecular complexity index is 1390. The van der Waals surface area contributed by atoms with Crippen LogP contribution in [0.2, 0.25) is 0 Å². The van der Waals surface area contributed by atoms with E-state index in [4.69, 9.17) is 0 Å². The number of hydrogen-bond acceptors (Lipinski definition) is 4. The molecule has 0 aliphatic rings. The molecule has 0 radical (unpaired) electrons. The number of carbonyl (C=O) groups excluding carboxylic acids is 2. The lowest BCUT2D eigenvalue weighted by Gasteiger charge is -2.32. The summed E-state index contributed by atoms with van der Waals surface area (Å²) in [7, 11) is -4.16. The Morgan fingerprint density at radius 3 is 2.15 bits per heavy atom. The van der Waals surface area contributed by atoms with Gasteiger partial charge in [-0.2, -0.15) is 0 Å². The standard InChI is InChI=1S/C30H36FN3O4S/c1-5-19-32-30(36)23(4)33(20-25-12-7-9-13-27(25)31)29(35)21-34(28-14-10-8-11-24(28)6-2)39(37,38)26-17-15-22(3)16-18-26/h7-18,23H,5-6,19-21H2,1-4H3,(H,32,36)/t23-/m1/s1. The van der Waals surface area contributed by atoms with Crippen LogP contribution in [0.1, 0.15) is 43.9 Å². The maximum Gasteiger partial charge on any atom is 0.264 e. The molecule has 208 valence electrons. The van der Waals surface area contributed by atoms with E-state index >= 15 is 0 Å². The number of hydrogen-bond donors (Lipinski definition) is 1. The Kier molecular flexibility index (Phi) is 10.2. The summed E-state index contributed by atoms with van der Waals surface area (Å²) >= 11 is 0. The first kappa shape index (κ1) is 29.8. The SMILES string of the molecule is CCCNC(=O)[C@@H](C)N(Cc1ccccc1F)C(=O)CN(c1ccccc1CC)S(=O)(=O)c1ccc(C)cc1. The molecule has 3 rings (SSSR count). The van der Waals surface area contributed by atoms with Crippen molar-refractivity contribution in [2.75, 3.05) is 17.4 Å². The molecule has 1 N–H and O–H groups in total. The second-order valence-electron chi connectivity index (χ2n) is 9.39. The van der Waals surface area contributed by atoms with Gasteiger partial charge in [0.2, 0.25) is 11.8 Å². The zero-order chi connectivity index (χ0) is 28.6. The first-order valence-electron chi connectivity index (χ1n) is 13.1. The van der Waals surface area contributed by atoms with Gasteiger partial charge in [-0.3, -0.25) is 13.9 Å². The first-order chi connectivity index (χ1) is 18.6. The van der Waals surface area contributed by atoms with E-state index in [1.165, 1.54) is 23.1 Å². The fourth-order valence-electron chi connectivity index (χ4n) is 4.19. The molecule has 0 heterocycles. The Morgan fingerprint density at radius 2 is 1.54 bits per heavy atom. The number of para-hydroxylation sites is 1. The number of halogens is 1. The minimum atomic E-state index is -4.16. The number of aryl methyl sites for hydroxylation is 2. The smallest absolute Gasteiger partial charge is 0.264 e. The number of benzene rings is 3. The van der Waals surface area contributed by atoms with Crippen molar-refractivity contribution in [3.63, 3.8) is 0 Å². The van der Waals surface area contributed by atoms with Crippen molar-refractivity contribution in [3.05, 3.63) is 95.3 Å². The van der Waals surface area contributed by atoms with Crippen molar-refractivity contribution in [1.29, 1.82) is 0 Å². The maximum absolute atomic E-state index is 14.6. The van der Waals surface area contributed by atoms with Gasteiger partial charge in [-0.1, -0.05) is 67.9 Å². The fraction of sp³-hybridized carbons (Fsp3) is 0.333. The lowest BCUT2D eigenvalue weighted by molar-refractivity contribution is -0.139. The molecule has 2 amide bonds. The zero-order valence-corrected chi connectivity index (χ0v) is 23.7. The van der Waals surface area contributed by atoms with Crippen LogP contribution in [-0.4, -0.2) is 44.3 Å². The van der Waals surface area contributed by atoms with Gasteiger partial charge in [0, 0.05) is 18.7 Å². The van der Waals surface area contributed by atoms with Crippen LogP contribution in [0.25, 0.3) is 0 Å². The van der Waals surface area contributed by atoms with Gasteiger partial charge in [0.15, 0.2) is 0 Å². The second-order valence-corrected chi connectivity index (χ2v) is 11.2. The minimum absolute atomic E-state index is 0.0428. The third kappa shape index (κ3) is 7.23. The summed E-state index contributed by atoms with van der Waals surface area (Å²) in [6.45, 7) is 6.89. The summed E-state index contributed by atoms with van der Waals surface area (Å²) in [5.74, 6) is -1.54. The largest absolute Gasteiger partial charge is 0.354 e. The van der Waals surface area contributed by atoms with Crippen molar-refractivity contribution < 1.29 is 22.4 Å². The van der Waals surface area contributed by atoms with Crippen molar-refractivity contribution in [3.8, 4) is 0 Å². The molecule has 39 heavy (non-hydrogen) atoms. The normalized spacial score (nSPS) is 12.0. The van der Waals surface area contributed by atoms with E-state index in [0.29, 0.717) is 25.1 Å². The average molecular weight is 554 g/mol. The molecule has 3 aromatic rings. The van der Waals surface area contributed by atoms with Crippen molar-refractivity contribution >= 4 is 27.5 Å². The van der Waals surface area contributed by atoms with Crippen LogP contribution < -0.4 is 9.62 Å². The van der Waals surface area contributed by atoms with Crippen LogP contribution in [0.5, 0.6) is 0 Å². The fourth-order valence-corrected chi connectivity index (χ4v) is 5.64. The molecule has 1 atom stereocenters. The van der Waals surface area contributed by atoms with Gasteiger partial charge in [0.05, 0.1) is 10.6 Å². The van der Waals surface area contributed by atoms with Crippen LogP contribution in [-0.2, 0) is 32.6 Å². The van der Waals surface area contributed by atoms with E-state index < -0.39 is 40.2 Å². The van der Waals surface area contributed by atoms with Gasteiger partial charge in [0.25, 0.3) is 10.0 Å². The van der Waals surface area contributed by atoms with E-state index in [9.17, 15) is 22.4 Å². The third-order valence-corrected chi connectivity index (χ3v) is 8.32. The first-order valence-corrected chi connectivity index (χ1v) is 14.5. The molecule has 0 aliphatic carbocycles. The second kappa shape index (κ2) is 13.4. The zero-order valence-electron chi connectivity index (χ0n) is 22.9. The van der Waals surface area contributed by atoms with E-state index in [1.54, 1.807) is 49.4 Å². The number of sulfonamides is 1. The van der Waals surface area contributed by atoms with Crippen molar-refractivity contribution in [2.24, 2.45) is 0 Å². The van der Waals surface area contributed by atoms with E-state index in [1.807, 2.05) is 32.9 Å². The van der Waals surface area contributed by atoms with Gasteiger partial charge in [0.1, 0.15) is 18.4 Å². The number of amides is 2. The van der Waals surface area contributed by atoms with Crippen LogP contribution in [0.3, 0.4) is 0 Å². The lowest BCUT2D eigenvalue weighted by atomic mass is 10.1. The summed E-state index contributed by atoms with van der Waals surface area (Å²) in [4.78, 5) is 28.1. The Morgan fingerprint density at radius 1 is 0.923 bits per heavy atom. The quantitative estimate of drug-likeness (QED) is 0.348. The average Bonchev–Trinajstić information content (AvgIpc) is 2.93. The highest BCUT2D eigenvalue weighted by atomic mass is 32.2. The topological polar surface area (TPSA) is 86.8 Å². The summed E-state index contributed by atoms with van der Waals surface area (Å²) in [5.41, 5.74) is 2.25. The van der Waals surface area contributed by atoms with E-state index in [2.05, 4.69) is 5.32 Å². The van der Waals surface area contributed by atoms with Crippen molar-refractivity contribution in [2.45, 2.75) is 58.0 Å². The van der Waals surface area contributed by atoms with Crippen LogP contribution in [0, 0.1) is 12.7 Å². The Hall–Kier alpha value is -3.72. The molecule has 0 aliphatic heterocycles. The minimum Gasteiger partial charge on any atom is -0.354 e. The Labute approximate surface area is 230 Å². The van der Waals surface area contributed by atoms with E-state index in [-0.39, 0.29) is 17.0 Å². The molecule has 7 nitrogen and oxygen atoms in total. The van der Waals surface area contributed by atoms with Crippen molar-refractivity contribution in [1.82, 2.24) is 10.2 Å². The van der Waals surface area contributed by atoms with E-state index in [0.717, 1.165) is 15.4 Å². The number of rotatable bonds is 12. The highest BCUT2D eigenvalue weighted by Gasteiger charge is 2.33. The molecule has 0 fully saturated rings. The maximum atomic E-state index is 14.6. The molecule has 0 spiro atoms. The van der Waals surface area contributed by atoms with Gasteiger partial charge in [-0.05, 0) is 56.5 Å². The van der Waals surface area contributed by atoms with Gasteiger partial charge in [-0.25, -0.2) is 12.8 Å². The summed E-state index contributed by atoms with van der Waals surface area (Å²) in [5, 5.41) is 2.77. The highest BCUT2D eigenvalue weighted by molar-refractivity contribution is 7.92. The number of carbonyl (C=O) groups is 2. The van der Waals surface area contributed by atoms with Gasteiger partial charge < -0.3 is 10.2 Å². The molecule has 3 aromatic carbocycles. The third-order valence-electron chi connectivity index (χ3n) is 6.54. The van der Waals surface area contributed by atoms with Crippen LogP contribution in [0.4, 0.5) is 10.1 Å². The predicted molar refractivity (Wildman–Crippen MR) is 151 cm³/mol. The van der Waals surface area contributed by atoms with Gasteiger partial charge in [-0.15, -0.1) is 0 Å². The molecule has 9 heteroatoms. The molecular formula is C30H36FN3O4S. The van der Waals surface area contributed by atoms with Gasteiger partial charge >= 0.3 is 0 Å². The molecular weight excluding hydrogens is 517 g/mol. The number of nitrogens with one attached hydrogen (secondary N) is 1. The summed E-state index contributed by atoms with van der Waals surface area (Å²) < 4.78 is 43.6. The molecule has 0 bridgehead atoms. The summed E-state index contributed by atoms with van der Waals surface area (Å²) in [6.07, 6.45) is 1.25. The number of nitrogens with zero attached hydrogens (tertiary/aromatic N) is 2. The Balaban J connectivity index is 2.07. The molecule has 0 aromatic heterocycles. The summed E-state index contributed by atoms with van der Waals surface area (Å²) in [6, 6.07) is 18.5. The predicted octanol–water partition coefficient (Wildman–Crippen LogP) is 4.84. The van der Waals surface area contributed by atoms with Crippen LogP contribution in [0.15, 0.2) is 77.7 Å². The monoisotopic (exact) mass is 553 g/mol.